The van der Waals surface area contributed by atoms with Crippen molar-refractivity contribution in [3.8, 4) is 0 Å². The maximum atomic E-state index is 13.8. The Kier molecular flexibility index (Phi) is 13.6. The first-order chi connectivity index (χ1) is 20.9. The largest absolute Gasteiger partial charge is 0.335 e. The van der Waals surface area contributed by atoms with Gasteiger partial charge in [0.25, 0.3) is 0 Å². The van der Waals surface area contributed by atoms with Crippen molar-refractivity contribution >= 4 is 11.8 Å². The Morgan fingerprint density at radius 2 is 1.30 bits per heavy atom. The molecule has 8 nitrogen and oxygen atoms in total. The van der Waals surface area contributed by atoms with Gasteiger partial charge in [0.05, 0.1) is 12.1 Å². The smallest absolute Gasteiger partial charge is 0.240 e. The van der Waals surface area contributed by atoms with Gasteiger partial charge in [-0.05, 0) is 80.0 Å². The lowest BCUT2D eigenvalue weighted by Crippen LogP contribution is -2.65. The van der Waals surface area contributed by atoms with E-state index in [0.29, 0.717) is 37.1 Å². The van der Waals surface area contributed by atoms with Crippen LogP contribution in [0.3, 0.4) is 0 Å². The van der Waals surface area contributed by atoms with Gasteiger partial charge in [-0.1, -0.05) is 32.4 Å². The Morgan fingerprint density at radius 3 is 1.77 bits per heavy atom. The third-order valence-corrected chi connectivity index (χ3v) is 7.98. The fourth-order valence-corrected chi connectivity index (χ4v) is 5.78. The van der Waals surface area contributed by atoms with Crippen LogP contribution in [0.15, 0.2) is 36.4 Å². The highest BCUT2D eigenvalue weighted by Gasteiger charge is 2.40. The minimum Gasteiger partial charge on any atom is -0.335 e. The number of nitrogens with one attached hydrogen (secondary N) is 1. The second-order valence-corrected chi connectivity index (χ2v) is 12.1. The van der Waals surface area contributed by atoms with Gasteiger partial charge in [-0.15, -0.1) is 0 Å². The summed E-state index contributed by atoms with van der Waals surface area (Å²) in [7, 11) is 0. The Morgan fingerprint density at radius 1 is 0.795 bits per heavy atom. The van der Waals surface area contributed by atoms with Crippen molar-refractivity contribution in [2.24, 2.45) is 23.1 Å². The number of amides is 2. The summed E-state index contributed by atoms with van der Waals surface area (Å²) in [6.45, 7) is 6.49. The average Bonchev–Trinajstić information content (AvgIpc) is 2.98. The topological polar surface area (TPSA) is 131 Å². The van der Waals surface area contributed by atoms with Crippen molar-refractivity contribution < 1.29 is 27.2 Å². The zero-order valence-corrected chi connectivity index (χ0v) is 25.6. The van der Waals surface area contributed by atoms with E-state index < -0.39 is 35.4 Å². The zero-order chi connectivity index (χ0) is 32.4. The lowest BCUT2D eigenvalue weighted by molar-refractivity contribution is -0.149. The molecule has 1 heterocycles. The highest BCUT2D eigenvalue weighted by Crippen LogP contribution is 2.26. The highest BCUT2D eigenvalue weighted by molar-refractivity contribution is 5.85. The normalized spacial score (nSPS) is 18.5. The summed E-state index contributed by atoms with van der Waals surface area (Å²) in [4.78, 5) is 31.0. The van der Waals surface area contributed by atoms with E-state index in [1.54, 1.807) is 9.80 Å². The predicted octanol–water partition coefficient (Wildman–Crippen LogP) is 2.86. The van der Waals surface area contributed by atoms with Gasteiger partial charge in [0, 0.05) is 38.3 Å². The number of hydrogen-bond acceptors (Lipinski definition) is 6. The van der Waals surface area contributed by atoms with Gasteiger partial charge in [-0.2, -0.15) is 0 Å². The molecular weight excluding hydrogens is 576 g/mol. The Labute approximate surface area is 257 Å². The molecule has 2 aromatic carbocycles. The fraction of sp³-hybridized carbons (Fsp3) is 0.562. The van der Waals surface area contributed by atoms with Crippen LogP contribution in [-0.4, -0.2) is 78.5 Å². The van der Waals surface area contributed by atoms with E-state index in [1.807, 2.05) is 13.8 Å². The molecule has 0 aliphatic carbocycles. The summed E-state index contributed by atoms with van der Waals surface area (Å²) in [5.41, 5.74) is 19.1. The zero-order valence-electron chi connectivity index (χ0n) is 25.6. The predicted molar refractivity (Wildman–Crippen MR) is 162 cm³/mol. The van der Waals surface area contributed by atoms with Crippen molar-refractivity contribution in [2.75, 3.05) is 32.7 Å². The summed E-state index contributed by atoms with van der Waals surface area (Å²) in [6, 6.07) is 4.23. The Balaban J connectivity index is 1.81. The number of nitrogens with two attached hydrogens (primary N) is 3. The van der Waals surface area contributed by atoms with Crippen LogP contribution >= 0.6 is 0 Å². The third-order valence-electron chi connectivity index (χ3n) is 7.98. The molecular formula is C32H46F4N6O2. The SMILES string of the molecule is CC(C)C[C@@H]1CN(C(=O)[C@H](N)Cc2ccc(F)c(F)c2)[C@@H](CCCCNCCN)CN1C(=O)[C@H](N)Cc1ccc(F)c(F)c1. The average molecular weight is 623 g/mol. The molecule has 1 fully saturated rings. The second kappa shape index (κ2) is 16.9. The summed E-state index contributed by atoms with van der Waals surface area (Å²) < 4.78 is 54.5. The summed E-state index contributed by atoms with van der Waals surface area (Å²) >= 11 is 0. The quantitative estimate of drug-likeness (QED) is 0.179. The molecule has 0 bridgehead atoms. The minimum absolute atomic E-state index is 0.0266. The van der Waals surface area contributed by atoms with Crippen LogP contribution in [0.1, 0.15) is 50.7 Å². The molecule has 0 aromatic heterocycles. The maximum absolute atomic E-state index is 13.8. The van der Waals surface area contributed by atoms with Crippen LogP contribution in [0.2, 0.25) is 0 Å². The van der Waals surface area contributed by atoms with Crippen LogP contribution in [0, 0.1) is 29.2 Å². The number of halogens is 4. The van der Waals surface area contributed by atoms with Gasteiger partial charge < -0.3 is 32.3 Å². The van der Waals surface area contributed by atoms with E-state index in [2.05, 4.69) is 5.32 Å². The lowest BCUT2D eigenvalue weighted by atomic mass is 9.93. The third kappa shape index (κ3) is 9.98. The second-order valence-electron chi connectivity index (χ2n) is 12.1. The number of piperazine rings is 1. The van der Waals surface area contributed by atoms with Crippen LogP contribution in [-0.2, 0) is 22.4 Å². The molecule has 244 valence electrons. The number of unbranched alkanes of at least 4 members (excludes halogenated alkanes) is 1. The van der Waals surface area contributed by atoms with Gasteiger partial charge in [0.1, 0.15) is 0 Å². The molecule has 4 atom stereocenters. The summed E-state index contributed by atoms with van der Waals surface area (Å²) in [5, 5.41) is 3.25. The molecule has 0 spiro atoms. The number of rotatable bonds is 15. The number of carbonyl (C=O) groups is 2. The molecule has 1 aliphatic rings. The van der Waals surface area contributed by atoms with Crippen molar-refractivity contribution in [3.05, 3.63) is 70.8 Å². The Bertz CT molecular complexity index is 1250. The van der Waals surface area contributed by atoms with Crippen LogP contribution in [0.4, 0.5) is 17.6 Å². The van der Waals surface area contributed by atoms with Crippen molar-refractivity contribution in [1.29, 1.82) is 0 Å². The molecule has 0 radical (unpaired) electrons. The number of hydrogen-bond donors (Lipinski definition) is 4. The van der Waals surface area contributed by atoms with Gasteiger partial charge >= 0.3 is 0 Å². The first kappa shape index (κ1) is 35.4. The van der Waals surface area contributed by atoms with E-state index in [0.717, 1.165) is 43.7 Å². The maximum Gasteiger partial charge on any atom is 0.240 e. The van der Waals surface area contributed by atoms with Gasteiger partial charge in [0.15, 0.2) is 23.3 Å². The first-order valence-electron chi connectivity index (χ1n) is 15.3. The first-order valence-corrected chi connectivity index (χ1v) is 15.3. The standard InChI is InChI=1S/C32H46F4N6O2/c1-20(2)13-24-19-41(31(43)29(38)16-21-6-8-25(33)27(35)14-21)23(5-3-4-11-40-12-10-37)18-42(24)32(44)30(39)17-22-7-9-26(34)28(36)15-22/h6-9,14-15,20,23-24,29-30,40H,3-5,10-13,16-19,37-39H2,1-2H3/t23-,24+,29+,30+/m0/s1. The van der Waals surface area contributed by atoms with E-state index in [-0.39, 0.29) is 55.7 Å². The van der Waals surface area contributed by atoms with Crippen LogP contribution < -0.4 is 22.5 Å². The molecule has 2 amide bonds. The number of carbonyl (C=O) groups excluding carboxylic acids is 2. The molecule has 12 heteroatoms. The number of nitrogens with zero attached hydrogens (tertiary/aromatic N) is 2. The van der Waals surface area contributed by atoms with Crippen molar-refractivity contribution in [2.45, 2.75) is 76.5 Å². The Hall–Kier alpha value is -3.06. The molecule has 44 heavy (non-hydrogen) atoms. The van der Waals surface area contributed by atoms with Gasteiger partial charge in [-0.3, -0.25) is 9.59 Å². The van der Waals surface area contributed by atoms with Crippen LogP contribution in [0.25, 0.3) is 0 Å². The summed E-state index contributed by atoms with van der Waals surface area (Å²) in [6.07, 6.45) is 2.85. The molecule has 2 aromatic rings. The molecule has 0 unspecified atom stereocenters. The fourth-order valence-electron chi connectivity index (χ4n) is 5.78. The van der Waals surface area contributed by atoms with E-state index in [9.17, 15) is 27.2 Å². The van der Waals surface area contributed by atoms with Crippen LogP contribution in [0.5, 0.6) is 0 Å². The highest BCUT2D eigenvalue weighted by atomic mass is 19.2. The van der Waals surface area contributed by atoms with Gasteiger partial charge in [0.2, 0.25) is 11.8 Å². The number of benzene rings is 2. The summed E-state index contributed by atoms with van der Waals surface area (Å²) in [5.74, 6) is -4.43. The lowest BCUT2D eigenvalue weighted by Gasteiger charge is -2.48. The monoisotopic (exact) mass is 622 g/mol. The molecule has 0 saturated carbocycles. The molecule has 7 N–H and O–H groups in total. The molecule has 1 saturated heterocycles. The molecule has 3 rings (SSSR count). The van der Waals surface area contributed by atoms with E-state index >= 15 is 0 Å². The van der Waals surface area contributed by atoms with E-state index in [4.69, 9.17) is 17.2 Å². The van der Waals surface area contributed by atoms with Gasteiger partial charge in [-0.25, -0.2) is 17.6 Å². The minimum atomic E-state index is -1.01. The molecule has 1 aliphatic heterocycles. The van der Waals surface area contributed by atoms with Crippen molar-refractivity contribution in [3.63, 3.8) is 0 Å². The van der Waals surface area contributed by atoms with E-state index in [1.165, 1.54) is 12.1 Å². The van der Waals surface area contributed by atoms with Crippen molar-refractivity contribution in [1.82, 2.24) is 15.1 Å².